The van der Waals surface area contributed by atoms with E-state index in [1.165, 1.54) is 5.06 Å². The summed E-state index contributed by atoms with van der Waals surface area (Å²) in [6, 6.07) is 0. The average molecular weight is 200 g/mol. The van der Waals surface area contributed by atoms with Crippen molar-refractivity contribution in [1.29, 1.82) is 0 Å². The molecule has 0 saturated carbocycles. The summed E-state index contributed by atoms with van der Waals surface area (Å²) in [7, 11) is 0. The molecule has 1 saturated heterocycles. The van der Waals surface area contributed by atoms with Gasteiger partial charge in [0, 0.05) is 20.0 Å². The molecule has 4 nitrogen and oxygen atoms in total. The number of amides is 1. The maximum absolute atomic E-state index is 11.3. The third-order valence-electron chi connectivity index (χ3n) is 2.75. The summed E-state index contributed by atoms with van der Waals surface area (Å²) in [6.07, 6.45) is 0. The minimum atomic E-state index is -0.382. The minimum Gasteiger partial charge on any atom is -0.339 e. The molecule has 1 heterocycles. The van der Waals surface area contributed by atoms with Crippen LogP contribution in [-0.2, 0) is 4.79 Å². The van der Waals surface area contributed by atoms with Gasteiger partial charge in [0.1, 0.15) is 0 Å². The number of piperazine rings is 1. The Labute approximate surface area is 85.4 Å². The molecule has 1 aliphatic rings. The van der Waals surface area contributed by atoms with Crippen LogP contribution in [0.5, 0.6) is 0 Å². The molecule has 0 bridgehead atoms. The largest absolute Gasteiger partial charge is 0.339 e. The van der Waals surface area contributed by atoms with Gasteiger partial charge in [0.2, 0.25) is 5.91 Å². The molecule has 0 aromatic heterocycles. The predicted molar refractivity (Wildman–Crippen MR) is 54.0 cm³/mol. The van der Waals surface area contributed by atoms with Crippen molar-refractivity contribution in [1.82, 2.24) is 9.96 Å². The average Bonchev–Trinajstić information content (AvgIpc) is 1.98. The molecule has 0 aromatic rings. The number of carbonyl (C=O) groups is 1. The second-order valence-electron chi connectivity index (χ2n) is 5.31. The van der Waals surface area contributed by atoms with Crippen molar-refractivity contribution in [2.24, 2.45) is 0 Å². The van der Waals surface area contributed by atoms with Gasteiger partial charge < -0.3 is 10.1 Å². The lowest BCUT2D eigenvalue weighted by molar-refractivity contribution is -0.251. The summed E-state index contributed by atoms with van der Waals surface area (Å²) in [4.78, 5) is 13.1. The number of hydrogen-bond acceptors (Lipinski definition) is 3. The van der Waals surface area contributed by atoms with Crippen LogP contribution in [0.3, 0.4) is 0 Å². The highest BCUT2D eigenvalue weighted by Crippen LogP contribution is 2.29. The maximum Gasteiger partial charge on any atom is 0.219 e. The Bertz CT molecular complexity index is 231. The lowest BCUT2D eigenvalue weighted by Crippen LogP contribution is -2.67. The summed E-state index contributed by atoms with van der Waals surface area (Å²) in [5.74, 6) is 0.0688. The lowest BCUT2D eigenvalue weighted by atomic mass is 9.90. The summed E-state index contributed by atoms with van der Waals surface area (Å²) in [5, 5.41) is 11.3. The monoisotopic (exact) mass is 200 g/mol. The zero-order chi connectivity index (χ0) is 11.1. The molecule has 0 aromatic carbocycles. The zero-order valence-corrected chi connectivity index (χ0v) is 9.66. The lowest BCUT2D eigenvalue weighted by Gasteiger charge is -2.52. The van der Waals surface area contributed by atoms with Crippen LogP contribution in [0.1, 0.15) is 34.6 Å². The van der Waals surface area contributed by atoms with Gasteiger partial charge in [-0.2, -0.15) is 5.06 Å². The number of rotatable bonds is 0. The van der Waals surface area contributed by atoms with Crippen LogP contribution < -0.4 is 0 Å². The molecule has 14 heavy (non-hydrogen) atoms. The van der Waals surface area contributed by atoms with Crippen LogP contribution in [0, 0.1) is 0 Å². The molecule has 82 valence electrons. The highest BCUT2D eigenvalue weighted by molar-refractivity contribution is 5.73. The third-order valence-corrected chi connectivity index (χ3v) is 2.75. The quantitative estimate of drug-likeness (QED) is 0.636. The standard InChI is InChI=1S/C10H20N2O2/c1-8(13)11-6-9(2,3)12(14)10(4,5)7-11/h14H,6-7H2,1-5H3. The van der Waals surface area contributed by atoms with Crippen LogP contribution in [0.25, 0.3) is 0 Å². The molecule has 0 aliphatic carbocycles. The molecule has 1 rings (SSSR count). The Hall–Kier alpha value is -0.610. The van der Waals surface area contributed by atoms with Crippen molar-refractivity contribution in [3.63, 3.8) is 0 Å². The molecule has 1 N–H and O–H groups in total. The van der Waals surface area contributed by atoms with Crippen LogP contribution in [0.4, 0.5) is 0 Å². The molecule has 0 atom stereocenters. The van der Waals surface area contributed by atoms with E-state index in [9.17, 15) is 10.0 Å². The molecule has 0 spiro atoms. The Balaban J connectivity index is 2.91. The first kappa shape index (κ1) is 11.5. The maximum atomic E-state index is 11.3. The fourth-order valence-corrected chi connectivity index (χ4v) is 2.17. The first-order valence-corrected chi connectivity index (χ1v) is 4.91. The van der Waals surface area contributed by atoms with Crippen molar-refractivity contribution in [2.45, 2.75) is 45.7 Å². The Morgan fingerprint density at radius 2 is 1.50 bits per heavy atom. The summed E-state index contributed by atoms with van der Waals surface area (Å²) >= 11 is 0. The fraction of sp³-hybridized carbons (Fsp3) is 0.900. The van der Waals surface area contributed by atoms with Crippen molar-refractivity contribution in [3.05, 3.63) is 0 Å². The fourth-order valence-electron chi connectivity index (χ4n) is 2.17. The van der Waals surface area contributed by atoms with Crippen molar-refractivity contribution >= 4 is 5.91 Å². The first-order valence-electron chi connectivity index (χ1n) is 4.91. The van der Waals surface area contributed by atoms with Gasteiger partial charge >= 0.3 is 0 Å². The van der Waals surface area contributed by atoms with E-state index in [0.717, 1.165) is 0 Å². The van der Waals surface area contributed by atoms with Gasteiger partial charge in [-0.05, 0) is 27.7 Å². The summed E-state index contributed by atoms with van der Waals surface area (Å²) in [6.45, 7) is 10.4. The highest BCUT2D eigenvalue weighted by atomic mass is 16.5. The van der Waals surface area contributed by atoms with E-state index < -0.39 is 0 Å². The number of hydrogen-bond donors (Lipinski definition) is 1. The van der Waals surface area contributed by atoms with Crippen LogP contribution in [0.2, 0.25) is 0 Å². The van der Waals surface area contributed by atoms with Gasteiger partial charge in [-0.25, -0.2) is 0 Å². The predicted octanol–water partition coefficient (Wildman–Crippen LogP) is 1.10. The van der Waals surface area contributed by atoms with Crippen LogP contribution in [-0.4, -0.2) is 45.2 Å². The second kappa shape index (κ2) is 3.21. The van der Waals surface area contributed by atoms with Crippen molar-refractivity contribution in [2.75, 3.05) is 13.1 Å². The second-order valence-corrected chi connectivity index (χ2v) is 5.31. The van der Waals surface area contributed by atoms with E-state index in [4.69, 9.17) is 0 Å². The SMILES string of the molecule is CC(=O)N1CC(C)(C)N(O)C(C)(C)C1. The van der Waals surface area contributed by atoms with Crippen molar-refractivity contribution < 1.29 is 10.0 Å². The molecular weight excluding hydrogens is 180 g/mol. The van der Waals surface area contributed by atoms with E-state index in [-0.39, 0.29) is 17.0 Å². The molecule has 1 aliphatic heterocycles. The Kier molecular flexibility index (Phi) is 2.63. The van der Waals surface area contributed by atoms with Crippen LogP contribution >= 0.6 is 0 Å². The molecule has 1 fully saturated rings. The normalized spacial score (nSPS) is 26.3. The Morgan fingerprint density at radius 3 is 1.79 bits per heavy atom. The molecule has 0 unspecified atom stereocenters. The van der Waals surface area contributed by atoms with Gasteiger partial charge in [0.05, 0.1) is 11.1 Å². The minimum absolute atomic E-state index is 0.0688. The summed E-state index contributed by atoms with van der Waals surface area (Å²) < 4.78 is 0. The zero-order valence-electron chi connectivity index (χ0n) is 9.66. The van der Waals surface area contributed by atoms with E-state index >= 15 is 0 Å². The van der Waals surface area contributed by atoms with Crippen molar-refractivity contribution in [3.8, 4) is 0 Å². The van der Waals surface area contributed by atoms with Gasteiger partial charge in [-0.15, -0.1) is 0 Å². The topological polar surface area (TPSA) is 43.8 Å². The van der Waals surface area contributed by atoms with Gasteiger partial charge in [0.15, 0.2) is 0 Å². The van der Waals surface area contributed by atoms with E-state index in [0.29, 0.717) is 13.1 Å². The van der Waals surface area contributed by atoms with Gasteiger partial charge in [-0.3, -0.25) is 4.79 Å². The van der Waals surface area contributed by atoms with E-state index in [1.807, 2.05) is 27.7 Å². The highest BCUT2D eigenvalue weighted by Gasteiger charge is 2.44. The molecular formula is C10H20N2O2. The summed E-state index contributed by atoms with van der Waals surface area (Å²) in [5.41, 5.74) is -0.763. The van der Waals surface area contributed by atoms with E-state index in [2.05, 4.69) is 0 Å². The van der Waals surface area contributed by atoms with E-state index in [1.54, 1.807) is 11.8 Å². The molecule has 4 heteroatoms. The third kappa shape index (κ3) is 1.91. The Morgan fingerprint density at radius 1 is 1.14 bits per heavy atom. The smallest absolute Gasteiger partial charge is 0.219 e. The van der Waals surface area contributed by atoms with Crippen LogP contribution in [0.15, 0.2) is 0 Å². The number of carbonyl (C=O) groups excluding carboxylic acids is 1. The van der Waals surface area contributed by atoms with Gasteiger partial charge in [-0.1, -0.05) is 0 Å². The molecule has 0 radical (unpaired) electrons. The van der Waals surface area contributed by atoms with Gasteiger partial charge in [0.25, 0.3) is 0 Å². The number of hydroxylamine groups is 2. The number of nitrogens with zero attached hydrogens (tertiary/aromatic N) is 2. The molecule has 1 amide bonds. The first-order chi connectivity index (χ1) is 6.17.